The van der Waals surface area contributed by atoms with Gasteiger partial charge in [-0.1, -0.05) is 6.92 Å². The van der Waals surface area contributed by atoms with E-state index >= 15 is 0 Å². The van der Waals surface area contributed by atoms with Gasteiger partial charge >= 0.3 is 0 Å². The van der Waals surface area contributed by atoms with Crippen molar-refractivity contribution in [1.82, 2.24) is 5.32 Å². The molecule has 0 fully saturated rings. The predicted octanol–water partition coefficient (Wildman–Crippen LogP) is 2.32. The summed E-state index contributed by atoms with van der Waals surface area (Å²) in [5, 5.41) is 3.53. The average Bonchev–Trinajstić information content (AvgIpc) is 2.66. The van der Waals surface area contributed by atoms with Gasteiger partial charge < -0.3 is 19.5 Å². The smallest absolute Gasteiger partial charge is 0.126 e. The Balaban J connectivity index is 2.39. The van der Waals surface area contributed by atoms with Crippen LogP contribution in [0.4, 0.5) is 0 Å². The number of ether oxygens (including phenoxy) is 3. The first-order chi connectivity index (χ1) is 9.30. The first-order valence-electron chi connectivity index (χ1n) is 6.86. The van der Waals surface area contributed by atoms with Gasteiger partial charge in [-0.15, -0.1) is 0 Å². The van der Waals surface area contributed by atoms with Crippen LogP contribution in [0.25, 0.3) is 0 Å². The van der Waals surface area contributed by atoms with Crippen LogP contribution < -0.4 is 14.8 Å². The molecular formula is C15H23NO3. The van der Waals surface area contributed by atoms with Crippen molar-refractivity contribution in [2.24, 2.45) is 0 Å². The Bertz CT molecular complexity index is 420. The van der Waals surface area contributed by atoms with E-state index in [2.05, 4.69) is 18.3 Å². The highest BCUT2D eigenvalue weighted by Crippen LogP contribution is 2.34. The van der Waals surface area contributed by atoms with Crippen LogP contribution in [0.1, 0.15) is 30.5 Å². The van der Waals surface area contributed by atoms with E-state index in [1.165, 1.54) is 11.1 Å². The van der Waals surface area contributed by atoms with E-state index in [0.29, 0.717) is 6.61 Å². The zero-order valence-electron chi connectivity index (χ0n) is 12.0. The van der Waals surface area contributed by atoms with Crippen molar-refractivity contribution < 1.29 is 14.2 Å². The third-order valence-corrected chi connectivity index (χ3v) is 3.47. The molecule has 1 unspecified atom stereocenters. The van der Waals surface area contributed by atoms with Crippen molar-refractivity contribution in [3.8, 4) is 11.5 Å². The standard InChI is InChI=1S/C15H23NO3/c1-4-6-16-14-10-19-7-5-12-13(14)8-11(17-2)9-15(12)18-3/h8-9,14,16H,4-7,10H2,1-3H3. The predicted molar refractivity (Wildman–Crippen MR) is 75.1 cm³/mol. The number of rotatable bonds is 5. The number of hydrogen-bond acceptors (Lipinski definition) is 4. The van der Waals surface area contributed by atoms with Crippen molar-refractivity contribution >= 4 is 0 Å². The van der Waals surface area contributed by atoms with Gasteiger partial charge in [0.05, 0.1) is 33.5 Å². The molecule has 0 aromatic heterocycles. The van der Waals surface area contributed by atoms with Gasteiger partial charge in [0.1, 0.15) is 11.5 Å². The molecular weight excluding hydrogens is 242 g/mol. The minimum Gasteiger partial charge on any atom is -0.497 e. The highest BCUT2D eigenvalue weighted by atomic mass is 16.5. The number of benzene rings is 1. The minimum atomic E-state index is 0.210. The molecule has 1 aliphatic heterocycles. The number of hydrogen-bond donors (Lipinski definition) is 1. The Morgan fingerprint density at radius 2 is 2.16 bits per heavy atom. The van der Waals surface area contributed by atoms with Gasteiger partial charge in [-0.2, -0.15) is 0 Å². The van der Waals surface area contributed by atoms with Crippen molar-refractivity contribution in [3.05, 3.63) is 23.3 Å². The summed E-state index contributed by atoms with van der Waals surface area (Å²) in [6.07, 6.45) is 1.99. The summed E-state index contributed by atoms with van der Waals surface area (Å²) in [7, 11) is 3.39. The molecule has 0 bridgehead atoms. The molecule has 19 heavy (non-hydrogen) atoms. The van der Waals surface area contributed by atoms with E-state index in [-0.39, 0.29) is 6.04 Å². The Labute approximate surface area is 115 Å². The van der Waals surface area contributed by atoms with E-state index in [1.54, 1.807) is 14.2 Å². The molecule has 1 aromatic rings. The van der Waals surface area contributed by atoms with E-state index < -0.39 is 0 Å². The molecule has 0 radical (unpaired) electrons. The van der Waals surface area contributed by atoms with Crippen LogP contribution in [-0.4, -0.2) is 34.0 Å². The topological polar surface area (TPSA) is 39.7 Å². The van der Waals surface area contributed by atoms with Gasteiger partial charge in [0.25, 0.3) is 0 Å². The monoisotopic (exact) mass is 265 g/mol. The number of fused-ring (bicyclic) bond motifs is 1. The van der Waals surface area contributed by atoms with Gasteiger partial charge in [0.2, 0.25) is 0 Å². The fraction of sp³-hybridized carbons (Fsp3) is 0.600. The molecule has 1 aromatic carbocycles. The maximum absolute atomic E-state index is 5.70. The van der Waals surface area contributed by atoms with Crippen LogP contribution in [-0.2, 0) is 11.2 Å². The molecule has 1 heterocycles. The Morgan fingerprint density at radius 1 is 1.32 bits per heavy atom. The Hall–Kier alpha value is -1.26. The van der Waals surface area contributed by atoms with Crippen LogP contribution in [0.15, 0.2) is 12.1 Å². The molecule has 4 nitrogen and oxygen atoms in total. The molecule has 0 spiro atoms. The first-order valence-corrected chi connectivity index (χ1v) is 6.86. The van der Waals surface area contributed by atoms with Crippen molar-refractivity contribution in [2.75, 3.05) is 34.0 Å². The lowest BCUT2D eigenvalue weighted by Gasteiger charge is -2.20. The number of nitrogens with one attached hydrogen (secondary N) is 1. The average molecular weight is 265 g/mol. The lowest BCUT2D eigenvalue weighted by molar-refractivity contribution is 0.121. The molecule has 0 saturated carbocycles. The van der Waals surface area contributed by atoms with E-state index in [1.807, 2.05) is 6.07 Å². The second-order valence-electron chi connectivity index (χ2n) is 4.73. The fourth-order valence-electron chi connectivity index (χ4n) is 2.47. The van der Waals surface area contributed by atoms with Gasteiger partial charge in [-0.25, -0.2) is 0 Å². The maximum atomic E-state index is 5.70. The quantitative estimate of drug-likeness (QED) is 0.887. The zero-order chi connectivity index (χ0) is 13.7. The van der Waals surface area contributed by atoms with Gasteiger partial charge in [-0.3, -0.25) is 0 Å². The molecule has 1 aliphatic rings. The van der Waals surface area contributed by atoms with Gasteiger partial charge in [0, 0.05) is 11.6 Å². The molecule has 1 atom stereocenters. The Morgan fingerprint density at radius 3 is 2.84 bits per heavy atom. The molecule has 0 saturated heterocycles. The van der Waals surface area contributed by atoms with E-state index in [9.17, 15) is 0 Å². The molecule has 0 amide bonds. The molecule has 4 heteroatoms. The third-order valence-electron chi connectivity index (χ3n) is 3.47. The first kappa shape index (κ1) is 14.2. The molecule has 106 valence electrons. The van der Waals surface area contributed by atoms with Crippen LogP contribution >= 0.6 is 0 Å². The van der Waals surface area contributed by atoms with Crippen LogP contribution in [0, 0.1) is 0 Å². The summed E-state index contributed by atoms with van der Waals surface area (Å²) in [5.41, 5.74) is 2.47. The Kier molecular flexibility index (Phi) is 5.05. The number of methoxy groups -OCH3 is 2. The summed E-state index contributed by atoms with van der Waals surface area (Å²) < 4.78 is 16.6. The lowest BCUT2D eigenvalue weighted by Crippen LogP contribution is -2.26. The summed E-state index contributed by atoms with van der Waals surface area (Å²) >= 11 is 0. The van der Waals surface area contributed by atoms with Gasteiger partial charge in [0.15, 0.2) is 0 Å². The molecule has 0 aliphatic carbocycles. The highest BCUT2D eigenvalue weighted by molar-refractivity contribution is 5.48. The summed E-state index contributed by atoms with van der Waals surface area (Å²) in [6, 6.07) is 4.25. The van der Waals surface area contributed by atoms with E-state index in [4.69, 9.17) is 14.2 Å². The van der Waals surface area contributed by atoms with Crippen LogP contribution in [0.3, 0.4) is 0 Å². The van der Waals surface area contributed by atoms with Crippen molar-refractivity contribution in [1.29, 1.82) is 0 Å². The second kappa shape index (κ2) is 6.78. The highest BCUT2D eigenvalue weighted by Gasteiger charge is 2.22. The van der Waals surface area contributed by atoms with Gasteiger partial charge in [-0.05, 0) is 31.0 Å². The minimum absolute atomic E-state index is 0.210. The SMILES string of the molecule is CCCNC1COCCc2c(OC)cc(OC)cc21. The third kappa shape index (κ3) is 3.19. The fourth-order valence-corrected chi connectivity index (χ4v) is 2.47. The normalized spacial score (nSPS) is 18.6. The van der Waals surface area contributed by atoms with Crippen molar-refractivity contribution in [3.63, 3.8) is 0 Å². The van der Waals surface area contributed by atoms with Crippen molar-refractivity contribution in [2.45, 2.75) is 25.8 Å². The second-order valence-corrected chi connectivity index (χ2v) is 4.73. The van der Waals surface area contributed by atoms with E-state index in [0.717, 1.165) is 37.5 Å². The van der Waals surface area contributed by atoms with Crippen LogP contribution in [0.5, 0.6) is 11.5 Å². The van der Waals surface area contributed by atoms with Crippen LogP contribution in [0.2, 0.25) is 0 Å². The molecule has 2 rings (SSSR count). The largest absolute Gasteiger partial charge is 0.497 e. The zero-order valence-corrected chi connectivity index (χ0v) is 12.0. The summed E-state index contributed by atoms with van der Waals surface area (Å²) in [4.78, 5) is 0. The molecule has 1 N–H and O–H groups in total. The lowest BCUT2D eigenvalue weighted by atomic mass is 9.97. The summed E-state index contributed by atoms with van der Waals surface area (Å²) in [5.74, 6) is 1.73. The summed E-state index contributed by atoms with van der Waals surface area (Å²) in [6.45, 7) is 4.58. The maximum Gasteiger partial charge on any atom is 0.126 e.